The highest BCUT2D eigenvalue weighted by Crippen LogP contribution is 2.42. The van der Waals surface area contributed by atoms with Gasteiger partial charge in [0.1, 0.15) is 0 Å². The summed E-state index contributed by atoms with van der Waals surface area (Å²) in [6.07, 6.45) is 2.09. The van der Waals surface area contributed by atoms with Crippen molar-refractivity contribution in [2.24, 2.45) is 0 Å². The number of hydrogen-bond acceptors (Lipinski definition) is 4. The van der Waals surface area contributed by atoms with E-state index in [1.807, 2.05) is 0 Å². The topological polar surface area (TPSA) is 23.5 Å². The summed E-state index contributed by atoms with van der Waals surface area (Å²) in [7, 11) is 2.10. The molecule has 1 aromatic rings. The summed E-state index contributed by atoms with van der Waals surface area (Å²) in [5.74, 6) is 0. The summed E-state index contributed by atoms with van der Waals surface area (Å²) in [5, 5.41) is 9.65. The minimum atomic E-state index is 0.235. The molecule has 0 aromatic heterocycles. The van der Waals surface area contributed by atoms with Crippen molar-refractivity contribution in [3.8, 4) is 0 Å². The summed E-state index contributed by atoms with van der Waals surface area (Å²) >= 11 is 3.55. The van der Waals surface area contributed by atoms with Crippen molar-refractivity contribution in [1.29, 1.82) is 0 Å². The molecule has 1 heterocycles. The smallest absolute Gasteiger partial charge is 0.0573 e. The average Bonchev–Trinajstić information content (AvgIpc) is 2.33. The third-order valence-corrected chi connectivity index (χ3v) is 5.31. The standard InChI is InChI=1S/C12H17NOS2/c1-8-12(7-14)16-11-6-9(15-3)4-5-10(11)13(8)2/h4-6,8,12,14H,7H2,1-3H3. The molecular formula is C12H17NOS2. The highest BCUT2D eigenvalue weighted by molar-refractivity contribution is 8.00. The van der Waals surface area contributed by atoms with E-state index in [9.17, 15) is 5.11 Å². The van der Waals surface area contributed by atoms with Crippen LogP contribution in [-0.4, -0.2) is 36.3 Å². The van der Waals surface area contributed by atoms with Crippen molar-refractivity contribution in [3.63, 3.8) is 0 Å². The quantitative estimate of drug-likeness (QED) is 0.821. The fraction of sp³-hybridized carbons (Fsp3) is 0.500. The van der Waals surface area contributed by atoms with Crippen LogP contribution in [0.5, 0.6) is 0 Å². The molecule has 16 heavy (non-hydrogen) atoms. The molecule has 2 atom stereocenters. The molecule has 1 aromatic carbocycles. The maximum absolute atomic E-state index is 9.38. The lowest BCUT2D eigenvalue weighted by Crippen LogP contribution is -2.42. The normalized spacial score (nSPS) is 24.4. The van der Waals surface area contributed by atoms with Crippen molar-refractivity contribution >= 4 is 29.2 Å². The summed E-state index contributed by atoms with van der Waals surface area (Å²) in [6.45, 7) is 2.40. The Kier molecular flexibility index (Phi) is 3.72. The fourth-order valence-corrected chi connectivity index (χ4v) is 3.75. The van der Waals surface area contributed by atoms with E-state index in [-0.39, 0.29) is 11.9 Å². The molecule has 0 aliphatic carbocycles. The van der Waals surface area contributed by atoms with Crippen molar-refractivity contribution in [3.05, 3.63) is 18.2 Å². The molecule has 0 saturated heterocycles. The number of aliphatic hydroxyl groups excluding tert-OH is 1. The van der Waals surface area contributed by atoms with Gasteiger partial charge in [0.2, 0.25) is 0 Å². The van der Waals surface area contributed by atoms with Gasteiger partial charge >= 0.3 is 0 Å². The number of hydrogen-bond donors (Lipinski definition) is 1. The minimum absolute atomic E-state index is 0.235. The van der Waals surface area contributed by atoms with Crippen LogP contribution in [0.25, 0.3) is 0 Å². The second-order valence-corrected chi connectivity index (χ2v) is 6.18. The van der Waals surface area contributed by atoms with Gasteiger partial charge in [0.15, 0.2) is 0 Å². The molecule has 88 valence electrons. The van der Waals surface area contributed by atoms with Gasteiger partial charge in [-0.1, -0.05) is 0 Å². The van der Waals surface area contributed by atoms with Crippen LogP contribution >= 0.6 is 23.5 Å². The first-order valence-electron chi connectivity index (χ1n) is 5.35. The van der Waals surface area contributed by atoms with E-state index in [1.165, 1.54) is 15.5 Å². The Hall–Kier alpha value is -0.320. The predicted octanol–water partition coefficient (Wildman–Crippen LogP) is 2.70. The van der Waals surface area contributed by atoms with Gasteiger partial charge in [-0.05, 0) is 31.4 Å². The Balaban J connectivity index is 2.38. The van der Waals surface area contributed by atoms with E-state index in [0.717, 1.165) is 0 Å². The SMILES string of the molecule is CSc1ccc2c(c1)SC(CO)C(C)N2C. The van der Waals surface area contributed by atoms with E-state index < -0.39 is 0 Å². The van der Waals surface area contributed by atoms with Crippen LogP contribution in [-0.2, 0) is 0 Å². The molecule has 1 aliphatic rings. The molecule has 0 amide bonds. The van der Waals surface area contributed by atoms with Crippen LogP contribution < -0.4 is 4.90 Å². The molecule has 1 aliphatic heterocycles. The molecular weight excluding hydrogens is 238 g/mol. The van der Waals surface area contributed by atoms with Gasteiger partial charge in [-0.15, -0.1) is 23.5 Å². The molecule has 0 radical (unpaired) electrons. The summed E-state index contributed by atoms with van der Waals surface area (Å²) in [6, 6.07) is 6.93. The first-order chi connectivity index (χ1) is 7.67. The van der Waals surface area contributed by atoms with E-state index in [0.29, 0.717) is 6.04 Å². The predicted molar refractivity (Wildman–Crippen MR) is 72.8 cm³/mol. The fourth-order valence-electron chi connectivity index (χ4n) is 1.93. The van der Waals surface area contributed by atoms with Crippen LogP contribution in [0.4, 0.5) is 5.69 Å². The summed E-state index contributed by atoms with van der Waals surface area (Å²) in [4.78, 5) is 4.83. The molecule has 2 rings (SSSR count). The monoisotopic (exact) mass is 255 g/mol. The number of thioether (sulfide) groups is 2. The molecule has 0 fully saturated rings. The third-order valence-electron chi connectivity index (χ3n) is 3.15. The Bertz CT molecular complexity index is 383. The number of nitrogens with zero attached hydrogens (tertiary/aromatic N) is 1. The highest BCUT2D eigenvalue weighted by Gasteiger charge is 2.29. The van der Waals surface area contributed by atoms with Gasteiger partial charge < -0.3 is 10.0 Å². The Morgan fingerprint density at radius 1 is 1.50 bits per heavy atom. The highest BCUT2D eigenvalue weighted by atomic mass is 32.2. The molecule has 0 saturated carbocycles. The maximum Gasteiger partial charge on any atom is 0.0573 e. The van der Waals surface area contributed by atoms with Gasteiger partial charge in [-0.25, -0.2) is 0 Å². The van der Waals surface area contributed by atoms with Gasteiger partial charge in [0.05, 0.1) is 17.5 Å². The van der Waals surface area contributed by atoms with Gasteiger partial charge in [-0.3, -0.25) is 0 Å². The zero-order valence-corrected chi connectivity index (χ0v) is 11.4. The van der Waals surface area contributed by atoms with E-state index in [2.05, 4.69) is 43.3 Å². The molecule has 0 bridgehead atoms. The Labute approximate surface area is 105 Å². The van der Waals surface area contributed by atoms with Crippen molar-refractivity contribution in [2.75, 3.05) is 24.8 Å². The Morgan fingerprint density at radius 3 is 2.88 bits per heavy atom. The summed E-state index contributed by atoms with van der Waals surface area (Å²) in [5.41, 5.74) is 1.28. The number of benzene rings is 1. The van der Waals surface area contributed by atoms with Gasteiger partial charge in [0.25, 0.3) is 0 Å². The van der Waals surface area contributed by atoms with Crippen LogP contribution in [0.1, 0.15) is 6.92 Å². The molecule has 4 heteroatoms. The number of anilines is 1. The second kappa shape index (κ2) is 4.90. The minimum Gasteiger partial charge on any atom is -0.395 e. The Morgan fingerprint density at radius 2 is 2.25 bits per heavy atom. The molecule has 2 unspecified atom stereocenters. The van der Waals surface area contributed by atoms with Crippen molar-refractivity contribution in [1.82, 2.24) is 0 Å². The lowest BCUT2D eigenvalue weighted by Gasteiger charge is -2.38. The first-order valence-corrected chi connectivity index (χ1v) is 7.46. The van der Waals surface area contributed by atoms with Crippen LogP contribution in [0.2, 0.25) is 0 Å². The lowest BCUT2D eigenvalue weighted by molar-refractivity contribution is 0.282. The van der Waals surface area contributed by atoms with E-state index >= 15 is 0 Å². The van der Waals surface area contributed by atoms with Crippen LogP contribution in [0.15, 0.2) is 28.0 Å². The van der Waals surface area contributed by atoms with Crippen LogP contribution in [0, 0.1) is 0 Å². The molecule has 0 spiro atoms. The number of fused-ring (bicyclic) bond motifs is 1. The largest absolute Gasteiger partial charge is 0.395 e. The third kappa shape index (κ3) is 2.06. The summed E-state index contributed by atoms with van der Waals surface area (Å²) < 4.78 is 0. The molecule has 2 nitrogen and oxygen atoms in total. The van der Waals surface area contributed by atoms with Crippen molar-refractivity contribution in [2.45, 2.75) is 28.0 Å². The lowest BCUT2D eigenvalue weighted by atomic mass is 10.1. The molecule has 1 N–H and O–H groups in total. The second-order valence-electron chi connectivity index (χ2n) is 4.02. The van der Waals surface area contributed by atoms with Gasteiger partial charge in [-0.2, -0.15) is 0 Å². The van der Waals surface area contributed by atoms with Gasteiger partial charge in [0, 0.05) is 22.9 Å². The zero-order valence-electron chi connectivity index (χ0n) is 9.80. The maximum atomic E-state index is 9.38. The van der Waals surface area contributed by atoms with Crippen molar-refractivity contribution < 1.29 is 5.11 Å². The first kappa shape index (κ1) is 12.1. The van der Waals surface area contributed by atoms with Crippen LogP contribution in [0.3, 0.4) is 0 Å². The average molecular weight is 255 g/mol. The number of aliphatic hydroxyl groups is 1. The number of rotatable bonds is 2. The van der Waals surface area contributed by atoms with E-state index in [4.69, 9.17) is 0 Å². The van der Waals surface area contributed by atoms with E-state index in [1.54, 1.807) is 23.5 Å². The zero-order chi connectivity index (χ0) is 11.7.